The van der Waals surface area contributed by atoms with Crippen LogP contribution >= 0.6 is 11.8 Å². The number of rotatable bonds is 5. The average Bonchev–Trinajstić information content (AvgIpc) is 2.82. The predicted molar refractivity (Wildman–Crippen MR) is 71.7 cm³/mol. The number of tetrazole rings is 1. The van der Waals surface area contributed by atoms with E-state index in [4.69, 9.17) is 0 Å². The molecule has 1 aromatic carbocycles. The molecule has 0 saturated carbocycles. The largest absolute Gasteiger partial charge is 0.272 e. The number of aromatic nitrogens is 4. The highest BCUT2D eigenvalue weighted by atomic mass is 32.2. The van der Waals surface area contributed by atoms with Crippen LogP contribution in [0.5, 0.6) is 0 Å². The lowest BCUT2D eigenvalue weighted by atomic mass is 10.2. The molecule has 2 aromatic rings. The third-order valence-corrected chi connectivity index (χ3v) is 3.18. The fraction of sp³-hybridized carbons (Fsp3) is 0.182. The fourth-order valence-electron chi connectivity index (χ4n) is 1.27. The third-order valence-electron chi connectivity index (χ3n) is 2.17. The van der Waals surface area contributed by atoms with Crippen molar-refractivity contribution in [2.45, 2.75) is 5.16 Å². The Morgan fingerprint density at radius 3 is 3.15 bits per heavy atom. The Kier molecular flexibility index (Phi) is 4.77. The molecule has 0 aliphatic heterocycles. The zero-order valence-electron chi connectivity index (χ0n) is 10.5. The first-order valence-electron chi connectivity index (χ1n) is 5.58. The molecular weight excluding hydrogens is 283 g/mol. The van der Waals surface area contributed by atoms with E-state index >= 15 is 0 Å². The molecular formula is C11H11FN6OS. The van der Waals surface area contributed by atoms with Crippen LogP contribution in [0.25, 0.3) is 0 Å². The number of carbonyl (C=O) groups is 1. The van der Waals surface area contributed by atoms with Crippen LogP contribution in [-0.4, -0.2) is 38.1 Å². The second-order valence-electron chi connectivity index (χ2n) is 3.72. The highest BCUT2D eigenvalue weighted by Gasteiger charge is 2.06. The summed E-state index contributed by atoms with van der Waals surface area (Å²) in [5.41, 5.74) is 2.91. The van der Waals surface area contributed by atoms with Crippen molar-refractivity contribution >= 4 is 23.9 Å². The molecule has 1 N–H and O–H groups in total. The molecule has 0 fully saturated rings. The number of hydrogen-bond acceptors (Lipinski definition) is 6. The predicted octanol–water partition coefficient (Wildman–Crippen LogP) is 0.592. The van der Waals surface area contributed by atoms with Gasteiger partial charge in [0.15, 0.2) is 0 Å². The van der Waals surface area contributed by atoms with Gasteiger partial charge in [-0.2, -0.15) is 5.10 Å². The van der Waals surface area contributed by atoms with E-state index in [1.807, 2.05) is 0 Å². The molecule has 0 atom stereocenters. The van der Waals surface area contributed by atoms with Crippen LogP contribution in [0.15, 0.2) is 34.5 Å². The zero-order valence-corrected chi connectivity index (χ0v) is 11.3. The van der Waals surface area contributed by atoms with Crippen molar-refractivity contribution < 1.29 is 9.18 Å². The number of carbonyl (C=O) groups excluding carboxylic acids is 1. The number of hydrazone groups is 1. The van der Waals surface area contributed by atoms with Crippen molar-refractivity contribution in [1.82, 2.24) is 25.6 Å². The van der Waals surface area contributed by atoms with Crippen LogP contribution in [-0.2, 0) is 11.8 Å². The average molecular weight is 294 g/mol. The number of amides is 1. The molecule has 0 radical (unpaired) electrons. The second kappa shape index (κ2) is 6.75. The quantitative estimate of drug-likeness (QED) is 0.495. The molecule has 1 heterocycles. The van der Waals surface area contributed by atoms with Crippen LogP contribution in [0, 0.1) is 5.82 Å². The van der Waals surface area contributed by atoms with Gasteiger partial charge in [0, 0.05) is 7.05 Å². The van der Waals surface area contributed by atoms with Gasteiger partial charge in [0.2, 0.25) is 5.16 Å². The van der Waals surface area contributed by atoms with Gasteiger partial charge in [-0.25, -0.2) is 14.5 Å². The summed E-state index contributed by atoms with van der Waals surface area (Å²) in [6, 6.07) is 5.89. The van der Waals surface area contributed by atoms with Gasteiger partial charge in [0.1, 0.15) is 5.82 Å². The minimum absolute atomic E-state index is 0.134. The van der Waals surface area contributed by atoms with Gasteiger partial charge in [-0.3, -0.25) is 4.79 Å². The third kappa shape index (κ3) is 4.12. The summed E-state index contributed by atoms with van der Waals surface area (Å²) in [5.74, 6) is -0.523. The standard InChI is InChI=1S/C11H11FN6OS/c1-18-11(15-16-17-18)20-7-10(19)14-13-6-8-3-2-4-9(12)5-8/h2-6H,7H2,1H3,(H,14,19)/b13-6+. The maximum Gasteiger partial charge on any atom is 0.250 e. The fourth-order valence-corrected chi connectivity index (χ4v) is 1.91. The Bertz CT molecular complexity index is 629. The van der Waals surface area contributed by atoms with E-state index in [-0.39, 0.29) is 17.5 Å². The number of aryl methyl sites for hydroxylation is 1. The molecule has 1 amide bonds. The van der Waals surface area contributed by atoms with Gasteiger partial charge in [0.05, 0.1) is 12.0 Å². The SMILES string of the molecule is Cn1nnnc1SCC(=O)N/N=C/c1cccc(F)c1. The van der Waals surface area contributed by atoms with Gasteiger partial charge >= 0.3 is 0 Å². The molecule has 9 heteroatoms. The van der Waals surface area contributed by atoms with E-state index in [1.54, 1.807) is 19.2 Å². The van der Waals surface area contributed by atoms with Crippen molar-refractivity contribution in [2.75, 3.05) is 5.75 Å². The smallest absolute Gasteiger partial charge is 0.250 e. The van der Waals surface area contributed by atoms with Crippen LogP contribution in [0.1, 0.15) is 5.56 Å². The topological polar surface area (TPSA) is 85.1 Å². The van der Waals surface area contributed by atoms with E-state index in [1.165, 1.54) is 34.8 Å². The number of nitrogens with zero attached hydrogens (tertiary/aromatic N) is 5. The Morgan fingerprint density at radius 2 is 2.45 bits per heavy atom. The van der Waals surface area contributed by atoms with Gasteiger partial charge < -0.3 is 0 Å². The number of hydrogen-bond donors (Lipinski definition) is 1. The van der Waals surface area contributed by atoms with Crippen LogP contribution in [0.4, 0.5) is 4.39 Å². The molecule has 104 valence electrons. The van der Waals surface area contributed by atoms with Gasteiger partial charge in [-0.05, 0) is 28.1 Å². The molecule has 7 nitrogen and oxygen atoms in total. The van der Waals surface area contributed by atoms with Crippen LogP contribution in [0.2, 0.25) is 0 Å². The normalized spacial score (nSPS) is 10.9. The summed E-state index contributed by atoms with van der Waals surface area (Å²) in [6.45, 7) is 0. The number of benzene rings is 1. The first-order chi connectivity index (χ1) is 9.65. The molecule has 0 unspecified atom stereocenters. The molecule has 20 heavy (non-hydrogen) atoms. The summed E-state index contributed by atoms with van der Waals surface area (Å²) in [4.78, 5) is 11.5. The van der Waals surface area contributed by atoms with Crippen molar-refractivity contribution in [3.63, 3.8) is 0 Å². The molecule has 2 rings (SSSR count). The van der Waals surface area contributed by atoms with Gasteiger partial charge in [0.25, 0.3) is 5.91 Å². The monoisotopic (exact) mass is 294 g/mol. The molecule has 0 bridgehead atoms. The van der Waals surface area contributed by atoms with Crippen molar-refractivity contribution in [3.8, 4) is 0 Å². The van der Waals surface area contributed by atoms with Gasteiger partial charge in [-0.15, -0.1) is 5.10 Å². The molecule has 0 saturated heterocycles. The Morgan fingerprint density at radius 1 is 1.60 bits per heavy atom. The first-order valence-corrected chi connectivity index (χ1v) is 6.56. The maximum absolute atomic E-state index is 12.9. The Labute approximate surface area is 118 Å². The molecule has 0 aliphatic rings. The van der Waals surface area contributed by atoms with Crippen molar-refractivity contribution in [1.29, 1.82) is 0 Å². The highest BCUT2D eigenvalue weighted by Crippen LogP contribution is 2.11. The lowest BCUT2D eigenvalue weighted by Crippen LogP contribution is -2.19. The highest BCUT2D eigenvalue weighted by molar-refractivity contribution is 7.99. The zero-order chi connectivity index (χ0) is 14.4. The maximum atomic E-state index is 12.9. The Hall–Kier alpha value is -2.29. The summed E-state index contributed by atoms with van der Waals surface area (Å²) < 4.78 is 14.4. The lowest BCUT2D eigenvalue weighted by Gasteiger charge is -1.99. The van der Waals surface area contributed by atoms with E-state index in [0.717, 1.165) is 0 Å². The minimum atomic E-state index is -0.356. The summed E-state index contributed by atoms with van der Waals surface area (Å²) in [6.07, 6.45) is 1.37. The second-order valence-corrected chi connectivity index (χ2v) is 4.66. The summed E-state index contributed by atoms with van der Waals surface area (Å²) >= 11 is 1.19. The number of halogens is 1. The first kappa shape index (κ1) is 14.1. The van der Waals surface area contributed by atoms with E-state index in [0.29, 0.717) is 10.7 Å². The number of thioether (sulfide) groups is 1. The lowest BCUT2D eigenvalue weighted by molar-refractivity contribution is -0.118. The Balaban J connectivity index is 1.79. The molecule has 0 aliphatic carbocycles. The van der Waals surface area contributed by atoms with Crippen LogP contribution < -0.4 is 5.43 Å². The van der Waals surface area contributed by atoms with Gasteiger partial charge in [-0.1, -0.05) is 23.9 Å². The molecule has 1 aromatic heterocycles. The molecule has 0 spiro atoms. The van der Waals surface area contributed by atoms with E-state index in [9.17, 15) is 9.18 Å². The van der Waals surface area contributed by atoms with Crippen LogP contribution in [0.3, 0.4) is 0 Å². The number of nitrogens with one attached hydrogen (secondary N) is 1. The van der Waals surface area contributed by atoms with Crippen molar-refractivity contribution in [2.24, 2.45) is 12.1 Å². The van der Waals surface area contributed by atoms with E-state index in [2.05, 4.69) is 26.1 Å². The minimum Gasteiger partial charge on any atom is -0.272 e. The summed E-state index contributed by atoms with van der Waals surface area (Å²) in [5, 5.41) is 15.1. The van der Waals surface area contributed by atoms with E-state index < -0.39 is 0 Å². The van der Waals surface area contributed by atoms with Crippen molar-refractivity contribution in [3.05, 3.63) is 35.6 Å². The summed E-state index contributed by atoms with van der Waals surface area (Å²) in [7, 11) is 1.68.